The van der Waals surface area contributed by atoms with Crippen molar-refractivity contribution in [2.24, 2.45) is 0 Å². The molecule has 4 nitrogen and oxygen atoms in total. The Hall–Kier alpha value is -1.05. The van der Waals surface area contributed by atoms with Crippen LogP contribution in [0.2, 0.25) is 0 Å². The fourth-order valence-corrected chi connectivity index (χ4v) is 2.21. The fraction of sp³-hybridized carbons (Fsp3) is 0.538. The quantitative estimate of drug-likeness (QED) is 0.871. The second-order valence-electron chi connectivity index (χ2n) is 4.76. The second-order valence-corrected chi connectivity index (χ2v) is 4.76. The molecule has 0 spiro atoms. The summed E-state index contributed by atoms with van der Waals surface area (Å²) in [5.74, 6) is -1.61. The van der Waals surface area contributed by atoms with E-state index in [9.17, 15) is 18.0 Å². The summed E-state index contributed by atoms with van der Waals surface area (Å²) in [5.41, 5.74) is 1.32. The maximum atomic E-state index is 12.1. The molecule has 0 atom stereocenters. The molecule has 0 unspecified atom stereocenters. The molecule has 1 fully saturated rings. The van der Waals surface area contributed by atoms with Crippen molar-refractivity contribution in [1.82, 2.24) is 15.6 Å². The molecule has 22 heavy (non-hydrogen) atoms. The maximum Gasteiger partial charge on any atom is 0.471 e. The Kier molecular flexibility index (Phi) is 8.73. The normalized spacial score (nSPS) is 15.4. The van der Waals surface area contributed by atoms with Crippen LogP contribution >= 0.6 is 24.8 Å². The largest absolute Gasteiger partial charge is 0.471 e. The first-order valence-electron chi connectivity index (χ1n) is 6.48. The van der Waals surface area contributed by atoms with Gasteiger partial charge in [0.1, 0.15) is 0 Å². The van der Waals surface area contributed by atoms with Crippen LogP contribution in [0.15, 0.2) is 18.2 Å². The number of rotatable bonds is 3. The van der Waals surface area contributed by atoms with Crippen LogP contribution in [0.4, 0.5) is 13.2 Å². The van der Waals surface area contributed by atoms with Gasteiger partial charge in [-0.2, -0.15) is 13.2 Å². The monoisotopic (exact) mass is 359 g/mol. The highest BCUT2D eigenvalue weighted by Gasteiger charge is 2.38. The van der Waals surface area contributed by atoms with Crippen molar-refractivity contribution in [3.8, 4) is 0 Å². The average Bonchev–Trinajstić information content (AvgIpc) is 2.45. The molecule has 0 aromatic carbocycles. The third kappa shape index (κ3) is 5.98. The number of alkyl halides is 3. The van der Waals surface area contributed by atoms with Crippen molar-refractivity contribution >= 4 is 30.7 Å². The maximum absolute atomic E-state index is 12.1. The topological polar surface area (TPSA) is 54.0 Å². The van der Waals surface area contributed by atoms with Gasteiger partial charge in [-0.15, -0.1) is 24.8 Å². The van der Waals surface area contributed by atoms with Gasteiger partial charge in [-0.25, -0.2) is 0 Å². The highest BCUT2D eigenvalue weighted by Crippen LogP contribution is 2.23. The lowest BCUT2D eigenvalue weighted by Gasteiger charge is -2.22. The van der Waals surface area contributed by atoms with Gasteiger partial charge < -0.3 is 10.6 Å². The van der Waals surface area contributed by atoms with Gasteiger partial charge in [-0.3, -0.25) is 9.78 Å². The van der Waals surface area contributed by atoms with E-state index in [0.717, 1.165) is 31.6 Å². The van der Waals surface area contributed by atoms with Gasteiger partial charge in [-0.05, 0) is 38.1 Å². The number of carbonyl (C=O) groups excluding carboxylic acids is 1. The van der Waals surface area contributed by atoms with Gasteiger partial charge >= 0.3 is 12.1 Å². The highest BCUT2D eigenvalue weighted by molar-refractivity contribution is 5.85. The first-order valence-corrected chi connectivity index (χ1v) is 6.48. The predicted octanol–water partition coefficient (Wildman–Crippen LogP) is 2.57. The van der Waals surface area contributed by atoms with Gasteiger partial charge in [-0.1, -0.05) is 6.07 Å². The minimum absolute atomic E-state index is 0. The fourth-order valence-electron chi connectivity index (χ4n) is 2.21. The Morgan fingerprint density at radius 2 is 1.91 bits per heavy atom. The Balaban J connectivity index is 0.00000220. The lowest BCUT2D eigenvalue weighted by atomic mass is 9.94. The lowest BCUT2D eigenvalue weighted by Crippen LogP contribution is -2.36. The molecule has 1 aromatic rings. The van der Waals surface area contributed by atoms with E-state index in [1.165, 1.54) is 0 Å². The van der Waals surface area contributed by atoms with Crippen LogP contribution in [0.3, 0.4) is 0 Å². The predicted molar refractivity (Wildman–Crippen MR) is 81.5 cm³/mol. The number of hydrogen-bond acceptors (Lipinski definition) is 3. The Morgan fingerprint density at radius 3 is 2.50 bits per heavy atom. The number of nitrogens with zero attached hydrogens (tertiary/aromatic N) is 1. The van der Waals surface area contributed by atoms with E-state index in [4.69, 9.17) is 0 Å². The molecule has 2 heterocycles. The van der Waals surface area contributed by atoms with Crippen molar-refractivity contribution in [2.75, 3.05) is 13.1 Å². The molecular weight excluding hydrogens is 342 g/mol. The zero-order chi connectivity index (χ0) is 14.6. The van der Waals surface area contributed by atoms with Crippen LogP contribution in [0, 0.1) is 0 Å². The first-order chi connectivity index (χ1) is 9.47. The minimum Gasteiger partial charge on any atom is -0.343 e. The van der Waals surface area contributed by atoms with E-state index in [2.05, 4.69) is 10.3 Å². The van der Waals surface area contributed by atoms with Crippen LogP contribution in [-0.4, -0.2) is 30.2 Å². The van der Waals surface area contributed by atoms with Crippen molar-refractivity contribution in [1.29, 1.82) is 0 Å². The van der Waals surface area contributed by atoms with Crippen LogP contribution in [-0.2, 0) is 11.3 Å². The Bertz CT molecular complexity index is 480. The zero-order valence-corrected chi connectivity index (χ0v) is 13.3. The van der Waals surface area contributed by atoms with Crippen LogP contribution in [0.1, 0.15) is 30.1 Å². The second kappa shape index (κ2) is 9.17. The van der Waals surface area contributed by atoms with Gasteiger partial charge in [0.2, 0.25) is 0 Å². The van der Waals surface area contributed by atoms with Crippen LogP contribution in [0.25, 0.3) is 0 Å². The molecule has 1 aromatic heterocycles. The number of aromatic nitrogens is 1. The third-order valence-corrected chi connectivity index (χ3v) is 3.27. The molecule has 9 heteroatoms. The Morgan fingerprint density at radius 1 is 1.27 bits per heavy atom. The number of piperidine rings is 1. The molecule has 2 rings (SSSR count). The van der Waals surface area contributed by atoms with E-state index >= 15 is 0 Å². The summed E-state index contributed by atoms with van der Waals surface area (Å²) in [6.45, 7) is 1.62. The molecule has 126 valence electrons. The van der Waals surface area contributed by atoms with E-state index in [0.29, 0.717) is 11.6 Å². The number of amides is 1. The smallest absolute Gasteiger partial charge is 0.343 e. The highest BCUT2D eigenvalue weighted by atomic mass is 35.5. The number of hydrogen-bond donors (Lipinski definition) is 2. The summed E-state index contributed by atoms with van der Waals surface area (Å²) in [4.78, 5) is 15.1. The van der Waals surface area contributed by atoms with E-state index in [-0.39, 0.29) is 31.4 Å². The van der Waals surface area contributed by atoms with Gasteiger partial charge in [0.05, 0.1) is 12.2 Å². The molecule has 1 aliphatic heterocycles. The van der Waals surface area contributed by atoms with Gasteiger partial charge in [0.25, 0.3) is 0 Å². The van der Waals surface area contributed by atoms with Crippen LogP contribution < -0.4 is 10.6 Å². The van der Waals surface area contributed by atoms with E-state index in [1.807, 2.05) is 11.4 Å². The molecular formula is C13H18Cl2F3N3O. The van der Waals surface area contributed by atoms with Crippen molar-refractivity contribution in [3.05, 3.63) is 29.6 Å². The standard InChI is InChI=1S/C13H16F3N3O.2ClH/c14-13(15,16)12(20)18-8-10-2-1-3-11(19-10)9-4-6-17-7-5-9;;/h1-3,9,17H,4-8H2,(H,18,20);2*1H. The van der Waals surface area contributed by atoms with Crippen molar-refractivity contribution in [3.63, 3.8) is 0 Å². The molecule has 2 N–H and O–H groups in total. The molecule has 0 radical (unpaired) electrons. The number of nitrogens with one attached hydrogen (secondary N) is 2. The molecule has 0 saturated carbocycles. The summed E-state index contributed by atoms with van der Waals surface area (Å²) in [6, 6.07) is 5.26. The molecule has 0 aliphatic carbocycles. The van der Waals surface area contributed by atoms with Crippen molar-refractivity contribution < 1.29 is 18.0 Å². The molecule has 1 amide bonds. The number of carbonyl (C=O) groups is 1. The SMILES string of the molecule is Cl.Cl.O=C(NCc1cccc(C2CCNCC2)n1)C(F)(F)F. The van der Waals surface area contributed by atoms with E-state index in [1.54, 1.807) is 12.1 Å². The molecule has 1 saturated heterocycles. The summed E-state index contributed by atoms with van der Waals surface area (Å²) in [7, 11) is 0. The molecule has 1 aliphatic rings. The summed E-state index contributed by atoms with van der Waals surface area (Å²) >= 11 is 0. The first kappa shape index (κ1) is 20.9. The van der Waals surface area contributed by atoms with E-state index < -0.39 is 12.1 Å². The van der Waals surface area contributed by atoms with Crippen molar-refractivity contribution in [2.45, 2.75) is 31.5 Å². The minimum atomic E-state index is -4.85. The van der Waals surface area contributed by atoms with Gasteiger partial charge in [0, 0.05) is 11.6 Å². The Labute approximate surface area is 139 Å². The summed E-state index contributed by atoms with van der Waals surface area (Å²) in [5, 5.41) is 5.08. The zero-order valence-electron chi connectivity index (χ0n) is 11.7. The van der Waals surface area contributed by atoms with Gasteiger partial charge in [0.15, 0.2) is 0 Å². The number of pyridine rings is 1. The lowest BCUT2D eigenvalue weighted by molar-refractivity contribution is -0.173. The number of halogens is 5. The summed E-state index contributed by atoms with van der Waals surface area (Å²) < 4.78 is 36.2. The molecule has 0 bridgehead atoms. The summed E-state index contributed by atoms with van der Waals surface area (Å²) in [6.07, 6.45) is -2.93. The van der Waals surface area contributed by atoms with Crippen LogP contribution in [0.5, 0.6) is 0 Å². The third-order valence-electron chi connectivity index (χ3n) is 3.27. The average molecular weight is 360 g/mol.